The third-order valence-electron chi connectivity index (χ3n) is 1.79. The van der Waals surface area contributed by atoms with E-state index in [0.29, 0.717) is 0 Å². The molecule has 0 amide bonds. The van der Waals surface area contributed by atoms with Crippen molar-refractivity contribution in [2.75, 3.05) is 5.32 Å². The molecule has 1 aliphatic heterocycles. The number of allylic oxidation sites excluding steroid dienone is 1. The summed E-state index contributed by atoms with van der Waals surface area (Å²) in [6.45, 7) is 0. The third kappa shape index (κ3) is 1.07. The Morgan fingerprint density at radius 3 is 2.91 bits per heavy atom. The summed E-state index contributed by atoms with van der Waals surface area (Å²) in [6.07, 6.45) is 0.902. The molecule has 1 aromatic carbocycles. The molecular weight excluding hydrogens is 154 g/mol. The number of hydrogen-bond acceptors (Lipinski definition) is 2. The van der Waals surface area contributed by atoms with E-state index in [1.165, 1.54) is 11.3 Å². The van der Waals surface area contributed by atoms with Gasteiger partial charge in [-0.05, 0) is 28.9 Å². The van der Waals surface area contributed by atoms with Crippen LogP contribution in [-0.2, 0) is 6.42 Å². The van der Waals surface area contributed by atoms with E-state index in [0.717, 1.165) is 12.1 Å². The molecule has 1 aliphatic rings. The average molecular weight is 161 g/mol. The van der Waals surface area contributed by atoms with Crippen LogP contribution in [0.1, 0.15) is 5.56 Å². The predicted molar refractivity (Wildman–Crippen MR) is 49.9 cm³/mol. The molecule has 0 radical (unpaired) electrons. The Bertz CT molecular complexity index is 310. The quantitative estimate of drug-likeness (QED) is 0.585. The molecule has 0 saturated carbocycles. The van der Waals surface area contributed by atoms with E-state index in [-0.39, 0.29) is 0 Å². The van der Waals surface area contributed by atoms with Gasteiger partial charge in [-0.25, -0.2) is 0 Å². The standard InChI is InChI=1S/C9H7NS/c11-6-8-5-7-3-1-2-4-9(7)10-8/h1-4,10H,5H2. The van der Waals surface area contributed by atoms with Crippen molar-refractivity contribution in [1.82, 2.24) is 0 Å². The van der Waals surface area contributed by atoms with Crippen LogP contribution in [0.25, 0.3) is 0 Å². The van der Waals surface area contributed by atoms with Gasteiger partial charge in [-0.15, -0.1) is 0 Å². The summed E-state index contributed by atoms with van der Waals surface area (Å²) < 4.78 is 0. The van der Waals surface area contributed by atoms with Gasteiger partial charge in [0.05, 0.1) is 5.70 Å². The normalized spacial score (nSPS) is 13.6. The van der Waals surface area contributed by atoms with E-state index in [9.17, 15) is 0 Å². The second kappa shape index (κ2) is 2.50. The van der Waals surface area contributed by atoms with Gasteiger partial charge < -0.3 is 5.32 Å². The minimum absolute atomic E-state index is 0.902. The number of rotatable bonds is 0. The summed E-state index contributed by atoms with van der Waals surface area (Å²) in [6, 6.07) is 8.20. The fourth-order valence-electron chi connectivity index (χ4n) is 1.26. The fourth-order valence-corrected chi connectivity index (χ4v) is 1.38. The molecule has 1 aromatic rings. The van der Waals surface area contributed by atoms with Crippen molar-refractivity contribution >= 4 is 22.9 Å². The van der Waals surface area contributed by atoms with Gasteiger partial charge in [0.1, 0.15) is 0 Å². The van der Waals surface area contributed by atoms with Crippen LogP contribution in [0.5, 0.6) is 0 Å². The van der Waals surface area contributed by atoms with Crippen molar-refractivity contribution in [3.8, 4) is 0 Å². The van der Waals surface area contributed by atoms with E-state index < -0.39 is 0 Å². The highest BCUT2D eigenvalue weighted by Gasteiger charge is 2.12. The molecule has 0 saturated heterocycles. The van der Waals surface area contributed by atoms with Gasteiger partial charge in [-0.3, -0.25) is 0 Å². The molecule has 1 heterocycles. The SMILES string of the molecule is S=C=C1Cc2ccccc2N1. The van der Waals surface area contributed by atoms with Crippen LogP contribution in [-0.4, -0.2) is 5.02 Å². The molecule has 11 heavy (non-hydrogen) atoms. The van der Waals surface area contributed by atoms with Crippen LogP contribution in [0.2, 0.25) is 0 Å². The summed E-state index contributed by atoms with van der Waals surface area (Å²) in [5, 5.41) is 5.89. The first-order valence-corrected chi connectivity index (χ1v) is 3.90. The number of nitrogens with one attached hydrogen (secondary N) is 1. The maximum Gasteiger partial charge on any atom is 0.0743 e. The van der Waals surface area contributed by atoms with Crippen molar-refractivity contribution in [3.63, 3.8) is 0 Å². The van der Waals surface area contributed by atoms with Crippen LogP contribution in [0.3, 0.4) is 0 Å². The molecule has 2 rings (SSSR count). The van der Waals surface area contributed by atoms with Crippen LogP contribution in [0.4, 0.5) is 5.69 Å². The molecule has 0 spiro atoms. The Morgan fingerprint density at radius 1 is 1.36 bits per heavy atom. The molecule has 0 aliphatic carbocycles. The zero-order valence-electron chi connectivity index (χ0n) is 5.92. The van der Waals surface area contributed by atoms with E-state index in [4.69, 9.17) is 12.2 Å². The maximum atomic E-state index is 4.71. The Hall–Kier alpha value is -1.11. The number of anilines is 1. The summed E-state index contributed by atoms with van der Waals surface area (Å²) in [4.78, 5) is 0. The third-order valence-corrected chi connectivity index (χ3v) is 2.04. The molecule has 54 valence electrons. The Balaban J connectivity index is 2.48. The fraction of sp³-hybridized carbons (Fsp3) is 0.111. The van der Waals surface area contributed by atoms with E-state index in [1.54, 1.807) is 0 Å². The minimum Gasteiger partial charge on any atom is -0.351 e. The number of para-hydroxylation sites is 1. The first kappa shape index (κ1) is 6.59. The molecule has 0 atom stereocenters. The van der Waals surface area contributed by atoms with E-state index in [2.05, 4.69) is 22.5 Å². The van der Waals surface area contributed by atoms with Gasteiger partial charge in [-0.1, -0.05) is 18.2 Å². The molecule has 2 heteroatoms. The van der Waals surface area contributed by atoms with Crippen molar-refractivity contribution in [1.29, 1.82) is 0 Å². The molecule has 0 fully saturated rings. The summed E-state index contributed by atoms with van der Waals surface area (Å²) in [5.74, 6) is 0. The zero-order valence-corrected chi connectivity index (χ0v) is 6.74. The van der Waals surface area contributed by atoms with Crippen LogP contribution in [0, 0.1) is 0 Å². The molecule has 0 bridgehead atoms. The summed E-state index contributed by atoms with van der Waals surface area (Å²) in [7, 11) is 0. The van der Waals surface area contributed by atoms with Gasteiger partial charge in [0.15, 0.2) is 0 Å². The molecule has 0 aromatic heterocycles. The predicted octanol–water partition coefficient (Wildman–Crippen LogP) is 2.14. The van der Waals surface area contributed by atoms with Gasteiger partial charge in [0.2, 0.25) is 0 Å². The van der Waals surface area contributed by atoms with E-state index in [1.807, 2.05) is 12.1 Å². The van der Waals surface area contributed by atoms with Crippen molar-refractivity contribution in [2.24, 2.45) is 0 Å². The van der Waals surface area contributed by atoms with Gasteiger partial charge in [-0.2, -0.15) is 0 Å². The first-order chi connectivity index (χ1) is 5.40. The summed E-state index contributed by atoms with van der Waals surface area (Å²) in [5.41, 5.74) is 3.47. The molecular formula is C9H7NS. The van der Waals surface area contributed by atoms with E-state index >= 15 is 0 Å². The largest absolute Gasteiger partial charge is 0.351 e. The van der Waals surface area contributed by atoms with Gasteiger partial charge >= 0.3 is 0 Å². The lowest BCUT2D eigenvalue weighted by molar-refractivity contribution is 1.28. The van der Waals surface area contributed by atoms with Crippen molar-refractivity contribution < 1.29 is 0 Å². The zero-order chi connectivity index (χ0) is 7.68. The number of thiocarbonyl (C=S) groups is 1. The average Bonchev–Trinajstić information content (AvgIpc) is 2.46. The monoisotopic (exact) mass is 161 g/mol. The van der Waals surface area contributed by atoms with Crippen LogP contribution >= 0.6 is 12.2 Å². The number of benzene rings is 1. The highest BCUT2D eigenvalue weighted by molar-refractivity contribution is 7.78. The molecule has 1 N–H and O–H groups in total. The lowest BCUT2D eigenvalue weighted by Crippen LogP contribution is -1.90. The van der Waals surface area contributed by atoms with Crippen molar-refractivity contribution in [3.05, 3.63) is 35.5 Å². The van der Waals surface area contributed by atoms with Gasteiger partial charge in [0, 0.05) is 12.1 Å². The second-order valence-corrected chi connectivity index (χ2v) is 2.74. The Morgan fingerprint density at radius 2 is 2.18 bits per heavy atom. The minimum atomic E-state index is 0.902. The number of fused-ring (bicyclic) bond motifs is 1. The van der Waals surface area contributed by atoms with Crippen molar-refractivity contribution in [2.45, 2.75) is 6.42 Å². The van der Waals surface area contributed by atoms with Crippen LogP contribution in [0.15, 0.2) is 30.0 Å². The highest BCUT2D eigenvalue weighted by atomic mass is 32.1. The molecule has 0 unspecified atom stereocenters. The smallest absolute Gasteiger partial charge is 0.0743 e. The Kier molecular flexibility index (Phi) is 1.50. The highest BCUT2D eigenvalue weighted by Crippen LogP contribution is 2.25. The van der Waals surface area contributed by atoms with Gasteiger partial charge in [0.25, 0.3) is 0 Å². The lowest BCUT2D eigenvalue weighted by Gasteiger charge is -1.94. The second-order valence-electron chi connectivity index (χ2n) is 2.54. The lowest BCUT2D eigenvalue weighted by atomic mass is 10.2. The topological polar surface area (TPSA) is 12.0 Å². The number of hydrogen-bond donors (Lipinski definition) is 1. The first-order valence-electron chi connectivity index (χ1n) is 3.49. The summed E-state index contributed by atoms with van der Waals surface area (Å²) >= 11 is 4.71. The molecule has 1 nitrogen and oxygen atoms in total. The Labute approximate surface area is 70.7 Å². The maximum absolute atomic E-state index is 4.71. The van der Waals surface area contributed by atoms with Crippen LogP contribution < -0.4 is 5.32 Å².